The third-order valence-electron chi connectivity index (χ3n) is 3.50. The molecule has 0 saturated carbocycles. The maximum Gasteiger partial charge on any atom is 0.186 e. The molecular weight excluding hydrogens is 258 g/mol. The maximum absolute atomic E-state index is 13.7. The van der Waals surface area contributed by atoms with Gasteiger partial charge in [0.25, 0.3) is 0 Å². The van der Waals surface area contributed by atoms with Crippen LogP contribution in [0.1, 0.15) is 30.7 Å². The summed E-state index contributed by atoms with van der Waals surface area (Å²) in [5.41, 5.74) is 1.69. The molecule has 102 valence electrons. The lowest BCUT2D eigenvalue weighted by molar-refractivity contribution is 0.515. The summed E-state index contributed by atoms with van der Waals surface area (Å²) in [6, 6.07) is 12.5. The number of hydrogen-bond acceptors (Lipinski definition) is 1. The Hall–Kier alpha value is -2.23. The number of H-pyrrole nitrogens is 1. The topological polar surface area (TPSA) is 28.7 Å². The normalized spacial score (nSPS) is 12.8. The van der Waals surface area contributed by atoms with Gasteiger partial charge in [-0.05, 0) is 24.1 Å². The molecule has 4 heteroatoms. The van der Waals surface area contributed by atoms with Crippen LogP contribution in [-0.2, 0) is 0 Å². The average Bonchev–Trinajstić information content (AvgIpc) is 2.90. The lowest BCUT2D eigenvalue weighted by Gasteiger charge is -2.12. The summed E-state index contributed by atoms with van der Waals surface area (Å²) in [7, 11) is 0. The van der Waals surface area contributed by atoms with Crippen molar-refractivity contribution < 1.29 is 8.78 Å². The Morgan fingerprint density at radius 1 is 1.10 bits per heavy atom. The number of nitrogens with zero attached hydrogens (tertiary/aromatic N) is 1. The van der Waals surface area contributed by atoms with Gasteiger partial charge in [0.05, 0.1) is 5.52 Å². The van der Waals surface area contributed by atoms with Crippen molar-refractivity contribution in [3.8, 4) is 0 Å². The van der Waals surface area contributed by atoms with E-state index in [4.69, 9.17) is 0 Å². The molecule has 0 aliphatic carbocycles. The molecule has 3 aromatic rings. The quantitative estimate of drug-likeness (QED) is 0.753. The molecule has 0 spiro atoms. The highest BCUT2D eigenvalue weighted by atomic mass is 19.2. The van der Waals surface area contributed by atoms with E-state index in [9.17, 15) is 8.78 Å². The van der Waals surface area contributed by atoms with Gasteiger partial charge in [0.1, 0.15) is 11.3 Å². The van der Waals surface area contributed by atoms with Crippen molar-refractivity contribution in [3.63, 3.8) is 0 Å². The molecule has 0 bridgehead atoms. The van der Waals surface area contributed by atoms with Crippen LogP contribution in [-0.4, -0.2) is 9.97 Å². The third-order valence-corrected chi connectivity index (χ3v) is 3.50. The van der Waals surface area contributed by atoms with Gasteiger partial charge in [-0.25, -0.2) is 13.8 Å². The van der Waals surface area contributed by atoms with E-state index < -0.39 is 11.6 Å². The highest BCUT2D eigenvalue weighted by molar-refractivity contribution is 5.76. The first-order valence-electron chi connectivity index (χ1n) is 6.59. The Bertz CT molecular complexity index is 735. The standard InChI is InChI=1S/C16H14F2N2/c1-2-11(10-6-4-3-5-7-10)16-19-13-9-8-12(17)14(18)15(13)20-16/h3-9,11H,2H2,1H3,(H,19,20). The van der Waals surface area contributed by atoms with Crippen LogP contribution in [0.4, 0.5) is 8.78 Å². The number of rotatable bonds is 3. The molecule has 2 nitrogen and oxygen atoms in total. The SMILES string of the molecule is CCC(c1ccccc1)c1nc2c(F)c(F)ccc2[nH]1. The molecule has 1 unspecified atom stereocenters. The van der Waals surface area contributed by atoms with Gasteiger partial charge in [-0.2, -0.15) is 0 Å². The number of imidazole rings is 1. The molecule has 0 aliphatic heterocycles. The van der Waals surface area contributed by atoms with Crippen molar-refractivity contribution in [3.05, 3.63) is 65.5 Å². The van der Waals surface area contributed by atoms with Crippen molar-refractivity contribution in [2.24, 2.45) is 0 Å². The van der Waals surface area contributed by atoms with E-state index >= 15 is 0 Å². The first-order chi connectivity index (χ1) is 9.70. The van der Waals surface area contributed by atoms with Crippen molar-refractivity contribution in [1.29, 1.82) is 0 Å². The number of fused-ring (bicyclic) bond motifs is 1. The number of nitrogens with one attached hydrogen (secondary N) is 1. The van der Waals surface area contributed by atoms with Crippen LogP contribution in [0.15, 0.2) is 42.5 Å². The van der Waals surface area contributed by atoms with Crippen LogP contribution in [0.2, 0.25) is 0 Å². The smallest absolute Gasteiger partial charge is 0.186 e. The number of aromatic nitrogens is 2. The molecule has 20 heavy (non-hydrogen) atoms. The second-order valence-corrected chi connectivity index (χ2v) is 4.75. The predicted molar refractivity (Wildman–Crippen MR) is 74.6 cm³/mol. The lowest BCUT2D eigenvalue weighted by Crippen LogP contribution is -2.01. The van der Waals surface area contributed by atoms with Gasteiger partial charge in [-0.15, -0.1) is 0 Å². The molecule has 0 saturated heterocycles. The molecule has 1 aromatic heterocycles. The largest absolute Gasteiger partial charge is 0.341 e. The Morgan fingerprint density at radius 3 is 2.55 bits per heavy atom. The Labute approximate surface area is 115 Å². The van der Waals surface area contributed by atoms with Crippen LogP contribution in [0, 0.1) is 11.6 Å². The number of hydrogen-bond donors (Lipinski definition) is 1. The van der Waals surface area contributed by atoms with Gasteiger partial charge in [0.15, 0.2) is 11.6 Å². The summed E-state index contributed by atoms with van der Waals surface area (Å²) in [6.07, 6.45) is 0.827. The second kappa shape index (κ2) is 5.04. The highest BCUT2D eigenvalue weighted by Gasteiger charge is 2.18. The molecule has 0 fully saturated rings. The van der Waals surface area contributed by atoms with E-state index in [1.165, 1.54) is 6.07 Å². The fourth-order valence-corrected chi connectivity index (χ4v) is 2.47. The average molecular weight is 272 g/mol. The van der Waals surface area contributed by atoms with Crippen LogP contribution in [0.3, 0.4) is 0 Å². The Morgan fingerprint density at radius 2 is 1.85 bits per heavy atom. The Balaban J connectivity index is 2.11. The molecule has 1 atom stereocenters. The van der Waals surface area contributed by atoms with Gasteiger partial charge in [0, 0.05) is 5.92 Å². The Kier molecular flexibility index (Phi) is 3.22. The number of benzene rings is 2. The first kappa shape index (κ1) is 12.8. The van der Waals surface area contributed by atoms with E-state index in [1.54, 1.807) is 0 Å². The summed E-state index contributed by atoms with van der Waals surface area (Å²) >= 11 is 0. The van der Waals surface area contributed by atoms with Crippen LogP contribution >= 0.6 is 0 Å². The van der Waals surface area contributed by atoms with Crippen LogP contribution in [0.25, 0.3) is 11.0 Å². The fourth-order valence-electron chi connectivity index (χ4n) is 2.47. The fraction of sp³-hybridized carbons (Fsp3) is 0.188. The van der Waals surface area contributed by atoms with Crippen molar-refractivity contribution in [2.75, 3.05) is 0 Å². The van der Waals surface area contributed by atoms with Gasteiger partial charge in [0.2, 0.25) is 0 Å². The van der Waals surface area contributed by atoms with Gasteiger partial charge >= 0.3 is 0 Å². The molecule has 0 aliphatic rings. The van der Waals surface area contributed by atoms with E-state index in [2.05, 4.69) is 9.97 Å². The lowest BCUT2D eigenvalue weighted by atomic mass is 9.96. The second-order valence-electron chi connectivity index (χ2n) is 4.75. The zero-order chi connectivity index (χ0) is 14.1. The molecule has 0 amide bonds. The van der Waals surface area contributed by atoms with Crippen LogP contribution in [0.5, 0.6) is 0 Å². The maximum atomic E-state index is 13.7. The van der Waals surface area contributed by atoms with Crippen molar-refractivity contribution in [1.82, 2.24) is 9.97 Å². The van der Waals surface area contributed by atoms with Gasteiger partial charge < -0.3 is 4.98 Å². The molecule has 0 radical (unpaired) electrons. The minimum absolute atomic E-state index is 0.0473. The summed E-state index contributed by atoms with van der Waals surface area (Å²) < 4.78 is 27.0. The summed E-state index contributed by atoms with van der Waals surface area (Å²) in [4.78, 5) is 7.35. The molecule has 1 heterocycles. The van der Waals surface area contributed by atoms with Crippen molar-refractivity contribution in [2.45, 2.75) is 19.3 Å². The number of halogens is 2. The minimum atomic E-state index is -0.895. The van der Waals surface area contributed by atoms with E-state index in [1.807, 2.05) is 37.3 Å². The molecule has 1 N–H and O–H groups in total. The molecule has 3 rings (SSSR count). The number of aromatic amines is 1. The van der Waals surface area contributed by atoms with E-state index in [0.29, 0.717) is 11.3 Å². The van der Waals surface area contributed by atoms with E-state index in [0.717, 1.165) is 18.1 Å². The summed E-state index contributed by atoms with van der Waals surface area (Å²) in [6.45, 7) is 2.04. The first-order valence-corrected chi connectivity index (χ1v) is 6.59. The summed E-state index contributed by atoms with van der Waals surface area (Å²) in [5, 5.41) is 0. The zero-order valence-corrected chi connectivity index (χ0v) is 11.0. The molecular formula is C16H14F2N2. The van der Waals surface area contributed by atoms with Crippen LogP contribution < -0.4 is 0 Å². The highest BCUT2D eigenvalue weighted by Crippen LogP contribution is 2.28. The predicted octanol–water partition coefficient (Wildman–Crippen LogP) is 4.38. The van der Waals surface area contributed by atoms with Gasteiger partial charge in [-0.3, -0.25) is 0 Å². The minimum Gasteiger partial charge on any atom is -0.341 e. The third kappa shape index (κ3) is 2.07. The van der Waals surface area contributed by atoms with Gasteiger partial charge in [-0.1, -0.05) is 37.3 Å². The monoisotopic (exact) mass is 272 g/mol. The molecule has 2 aromatic carbocycles. The summed E-state index contributed by atoms with van der Waals surface area (Å²) in [5.74, 6) is -1.06. The van der Waals surface area contributed by atoms with Crippen molar-refractivity contribution >= 4 is 11.0 Å². The van der Waals surface area contributed by atoms with E-state index in [-0.39, 0.29) is 11.4 Å². The zero-order valence-electron chi connectivity index (χ0n) is 11.0.